The Bertz CT molecular complexity index is 963. The van der Waals surface area contributed by atoms with Crippen molar-refractivity contribution in [3.63, 3.8) is 0 Å². The van der Waals surface area contributed by atoms with Crippen LogP contribution in [0.25, 0.3) is 22.3 Å². The van der Waals surface area contributed by atoms with Gasteiger partial charge < -0.3 is 14.5 Å². The molecule has 6 heteroatoms. The Balaban J connectivity index is 2.07. The summed E-state index contributed by atoms with van der Waals surface area (Å²) in [6, 6.07) is 12.5. The van der Waals surface area contributed by atoms with Crippen LogP contribution in [0.3, 0.4) is 0 Å². The molecule has 0 spiro atoms. The lowest BCUT2D eigenvalue weighted by Gasteiger charge is -2.11. The van der Waals surface area contributed by atoms with Crippen LogP contribution in [0.1, 0.15) is 12.5 Å². The summed E-state index contributed by atoms with van der Waals surface area (Å²) in [4.78, 5) is 30.5. The number of carbonyl (C=O) groups excluding carboxylic acids is 1. The smallest absolute Gasteiger partial charge is 0.302 e. The standard InChI is InChI=1S/C18H16N2O4/c1-11(21)24-10-13-9-12(7-8-16(13)23-2)17-19-15-6-4-3-5-14(15)18(22)20-17/h3-9H,10H2,1-2H3,(H,19,20,22). The zero-order valence-electron chi connectivity index (χ0n) is 13.3. The number of aromatic nitrogens is 2. The van der Waals surface area contributed by atoms with Crippen molar-refractivity contribution in [3.05, 3.63) is 58.4 Å². The van der Waals surface area contributed by atoms with Crippen molar-refractivity contribution in [1.29, 1.82) is 0 Å². The van der Waals surface area contributed by atoms with Crippen molar-refractivity contribution in [2.24, 2.45) is 0 Å². The van der Waals surface area contributed by atoms with E-state index in [1.807, 2.05) is 6.07 Å². The molecule has 0 aliphatic rings. The van der Waals surface area contributed by atoms with Gasteiger partial charge in [0.05, 0.1) is 18.0 Å². The minimum Gasteiger partial charge on any atom is -0.496 e. The number of benzene rings is 2. The number of nitrogens with one attached hydrogen (secondary N) is 1. The highest BCUT2D eigenvalue weighted by Gasteiger charge is 2.10. The van der Waals surface area contributed by atoms with Crippen molar-refractivity contribution in [2.75, 3.05) is 7.11 Å². The van der Waals surface area contributed by atoms with Crippen molar-refractivity contribution in [2.45, 2.75) is 13.5 Å². The third-order valence-corrected chi connectivity index (χ3v) is 3.60. The van der Waals surface area contributed by atoms with Crippen LogP contribution in [-0.4, -0.2) is 23.0 Å². The summed E-state index contributed by atoms with van der Waals surface area (Å²) in [6.45, 7) is 1.43. The SMILES string of the molecule is COc1ccc(-c2nc3ccccc3c(=O)[nH]2)cc1COC(C)=O. The number of nitrogens with zero attached hydrogens (tertiary/aromatic N) is 1. The Hall–Kier alpha value is -3.15. The zero-order valence-corrected chi connectivity index (χ0v) is 13.3. The predicted molar refractivity (Wildman–Crippen MR) is 89.8 cm³/mol. The number of hydrogen-bond acceptors (Lipinski definition) is 5. The number of para-hydroxylation sites is 1. The molecule has 24 heavy (non-hydrogen) atoms. The first-order valence-electron chi connectivity index (χ1n) is 7.38. The van der Waals surface area contributed by atoms with Crippen molar-refractivity contribution in [1.82, 2.24) is 9.97 Å². The maximum atomic E-state index is 12.2. The summed E-state index contributed by atoms with van der Waals surface area (Å²) in [5.41, 5.74) is 1.82. The van der Waals surface area contributed by atoms with E-state index in [4.69, 9.17) is 9.47 Å². The molecule has 0 radical (unpaired) electrons. The van der Waals surface area contributed by atoms with Crippen LogP contribution in [0.15, 0.2) is 47.3 Å². The molecule has 0 unspecified atom stereocenters. The molecule has 0 aliphatic carbocycles. The first kappa shape index (κ1) is 15.7. The summed E-state index contributed by atoms with van der Waals surface area (Å²) in [6.07, 6.45) is 0. The first-order chi connectivity index (χ1) is 11.6. The van der Waals surface area contributed by atoms with Gasteiger partial charge in [-0.25, -0.2) is 4.98 Å². The van der Waals surface area contributed by atoms with E-state index in [0.29, 0.717) is 33.6 Å². The molecular formula is C18H16N2O4. The molecule has 1 aromatic heterocycles. The average molecular weight is 324 g/mol. The van der Waals surface area contributed by atoms with Crippen LogP contribution in [0, 0.1) is 0 Å². The van der Waals surface area contributed by atoms with Crippen molar-refractivity contribution < 1.29 is 14.3 Å². The number of ether oxygens (including phenoxy) is 2. The van der Waals surface area contributed by atoms with Gasteiger partial charge in [-0.2, -0.15) is 0 Å². The topological polar surface area (TPSA) is 81.3 Å². The van der Waals surface area contributed by atoms with Crippen molar-refractivity contribution in [3.8, 4) is 17.1 Å². The van der Waals surface area contributed by atoms with Crippen LogP contribution in [0.2, 0.25) is 0 Å². The molecule has 0 saturated carbocycles. The number of rotatable bonds is 4. The molecule has 2 aromatic carbocycles. The maximum Gasteiger partial charge on any atom is 0.302 e. The zero-order chi connectivity index (χ0) is 17.1. The highest BCUT2D eigenvalue weighted by Crippen LogP contribution is 2.25. The van der Waals surface area contributed by atoms with Gasteiger partial charge in [-0.05, 0) is 30.3 Å². The molecule has 1 heterocycles. The number of methoxy groups -OCH3 is 1. The van der Waals surface area contributed by atoms with Crippen LogP contribution < -0.4 is 10.3 Å². The Kier molecular flexibility index (Phi) is 4.29. The van der Waals surface area contributed by atoms with E-state index in [0.717, 1.165) is 0 Å². The van der Waals surface area contributed by atoms with E-state index in [1.54, 1.807) is 43.5 Å². The number of carbonyl (C=O) groups is 1. The maximum absolute atomic E-state index is 12.2. The minimum absolute atomic E-state index is 0.0875. The summed E-state index contributed by atoms with van der Waals surface area (Å²) >= 11 is 0. The molecule has 0 fully saturated rings. The second-order valence-corrected chi connectivity index (χ2v) is 5.24. The predicted octanol–water partition coefficient (Wildman–Crippen LogP) is 2.66. The first-order valence-corrected chi connectivity index (χ1v) is 7.38. The number of fused-ring (bicyclic) bond motifs is 1. The van der Waals surface area contributed by atoms with Gasteiger partial charge in [0, 0.05) is 18.1 Å². The highest BCUT2D eigenvalue weighted by molar-refractivity contribution is 5.79. The molecule has 0 amide bonds. The molecule has 122 valence electrons. The van der Waals surface area contributed by atoms with E-state index < -0.39 is 0 Å². The van der Waals surface area contributed by atoms with E-state index in [-0.39, 0.29) is 18.1 Å². The van der Waals surface area contributed by atoms with Crippen molar-refractivity contribution >= 4 is 16.9 Å². The molecule has 0 bridgehead atoms. The van der Waals surface area contributed by atoms with E-state index in [1.165, 1.54) is 6.92 Å². The lowest BCUT2D eigenvalue weighted by Crippen LogP contribution is -2.09. The Morgan fingerprint density at radius 3 is 2.75 bits per heavy atom. The number of hydrogen-bond donors (Lipinski definition) is 1. The van der Waals surface area contributed by atoms with E-state index in [9.17, 15) is 9.59 Å². The van der Waals surface area contributed by atoms with Gasteiger partial charge in [-0.1, -0.05) is 12.1 Å². The largest absolute Gasteiger partial charge is 0.496 e. The van der Waals surface area contributed by atoms with E-state index in [2.05, 4.69) is 9.97 Å². The van der Waals surface area contributed by atoms with Gasteiger partial charge in [0.25, 0.3) is 5.56 Å². The van der Waals surface area contributed by atoms with Crippen LogP contribution in [0.5, 0.6) is 5.75 Å². The van der Waals surface area contributed by atoms with Gasteiger partial charge in [-0.3, -0.25) is 9.59 Å². The molecule has 0 aliphatic heterocycles. The lowest BCUT2D eigenvalue weighted by atomic mass is 10.1. The highest BCUT2D eigenvalue weighted by atomic mass is 16.5. The summed E-state index contributed by atoms with van der Waals surface area (Å²) in [5, 5.41) is 0.537. The second kappa shape index (κ2) is 6.54. The number of aromatic amines is 1. The fraction of sp³-hybridized carbons (Fsp3) is 0.167. The van der Waals surface area contributed by atoms with Gasteiger partial charge in [0.2, 0.25) is 0 Å². The average Bonchev–Trinajstić information content (AvgIpc) is 2.59. The molecule has 3 aromatic rings. The molecular weight excluding hydrogens is 308 g/mol. The normalized spacial score (nSPS) is 10.6. The van der Waals surface area contributed by atoms with Crippen LogP contribution >= 0.6 is 0 Å². The number of esters is 1. The third kappa shape index (κ3) is 3.12. The molecule has 1 N–H and O–H groups in total. The second-order valence-electron chi connectivity index (χ2n) is 5.24. The van der Waals surface area contributed by atoms with Crippen LogP contribution in [-0.2, 0) is 16.1 Å². The van der Waals surface area contributed by atoms with E-state index >= 15 is 0 Å². The van der Waals surface area contributed by atoms with Gasteiger partial charge in [-0.15, -0.1) is 0 Å². The monoisotopic (exact) mass is 324 g/mol. The summed E-state index contributed by atoms with van der Waals surface area (Å²) in [5.74, 6) is 0.674. The summed E-state index contributed by atoms with van der Waals surface area (Å²) < 4.78 is 10.3. The Labute approximate surface area is 138 Å². The van der Waals surface area contributed by atoms with Gasteiger partial charge in [0.1, 0.15) is 18.2 Å². The lowest BCUT2D eigenvalue weighted by molar-refractivity contribution is -0.142. The Morgan fingerprint density at radius 1 is 1.21 bits per heavy atom. The van der Waals surface area contributed by atoms with Gasteiger partial charge in [0.15, 0.2) is 0 Å². The Morgan fingerprint density at radius 2 is 2.00 bits per heavy atom. The third-order valence-electron chi connectivity index (χ3n) is 3.60. The summed E-state index contributed by atoms with van der Waals surface area (Å²) in [7, 11) is 1.54. The molecule has 0 saturated heterocycles. The quantitative estimate of drug-likeness (QED) is 0.746. The molecule has 3 rings (SSSR count). The fourth-order valence-electron chi connectivity index (χ4n) is 2.44. The fourth-order valence-corrected chi connectivity index (χ4v) is 2.44. The molecule has 0 atom stereocenters. The van der Waals surface area contributed by atoms with Crippen LogP contribution in [0.4, 0.5) is 0 Å². The molecule has 6 nitrogen and oxygen atoms in total. The van der Waals surface area contributed by atoms with Gasteiger partial charge >= 0.3 is 5.97 Å². The minimum atomic E-state index is -0.375. The number of H-pyrrole nitrogens is 1.